The molecule has 35 heavy (non-hydrogen) atoms. The molecule has 2 aromatic carbocycles. The van der Waals surface area contributed by atoms with E-state index < -0.39 is 5.41 Å². The van der Waals surface area contributed by atoms with Crippen LogP contribution >= 0.6 is 0 Å². The third-order valence-corrected chi connectivity index (χ3v) is 7.27. The molecule has 2 aliphatic rings. The smallest absolute Gasteiger partial charge is 0.255 e. The van der Waals surface area contributed by atoms with Gasteiger partial charge in [-0.05, 0) is 73.2 Å². The van der Waals surface area contributed by atoms with E-state index in [0.29, 0.717) is 11.3 Å². The average Bonchev–Trinajstić information content (AvgIpc) is 3.57. The van der Waals surface area contributed by atoms with Gasteiger partial charge in [0, 0.05) is 30.2 Å². The third-order valence-electron chi connectivity index (χ3n) is 7.27. The van der Waals surface area contributed by atoms with Crippen LogP contribution in [0.3, 0.4) is 0 Å². The predicted octanol–water partition coefficient (Wildman–Crippen LogP) is 4.07. The third kappa shape index (κ3) is 4.51. The lowest BCUT2D eigenvalue weighted by Crippen LogP contribution is -2.46. The molecule has 2 heterocycles. The molecule has 5 rings (SSSR count). The molecular formula is C28H30N4O3. The first-order chi connectivity index (χ1) is 17.0. The molecule has 2 atom stereocenters. The van der Waals surface area contributed by atoms with Crippen LogP contribution in [0.15, 0.2) is 73.1 Å². The van der Waals surface area contributed by atoms with Crippen LogP contribution in [-0.2, 0) is 10.2 Å². The highest BCUT2D eigenvalue weighted by Gasteiger charge is 2.54. The van der Waals surface area contributed by atoms with Crippen molar-refractivity contribution in [3.05, 3.63) is 89.7 Å². The standard InChI is InChI=1S/C28H30N4O3/c1-35-23-10-8-21(9-11-23)28(14-15-28)27(34)32-18-2-3-24(32)25(29)19-4-6-20(7-5-19)26(33)31-22-12-16-30-17-13-22/h4-13,16-17,24-25H,2-3,14-15,18,29H2,1H3,(H,30,31,33). The number of nitrogens with one attached hydrogen (secondary N) is 1. The summed E-state index contributed by atoms with van der Waals surface area (Å²) in [7, 11) is 1.64. The number of aromatic nitrogens is 1. The van der Waals surface area contributed by atoms with Crippen molar-refractivity contribution in [3.8, 4) is 5.75 Å². The molecule has 2 amide bonds. The number of ether oxygens (including phenoxy) is 1. The van der Waals surface area contributed by atoms with E-state index in [9.17, 15) is 9.59 Å². The first-order valence-corrected chi connectivity index (χ1v) is 12.0. The fraction of sp³-hybridized carbons (Fsp3) is 0.321. The first kappa shape index (κ1) is 23.1. The Balaban J connectivity index is 1.28. The number of carbonyl (C=O) groups is 2. The number of hydrogen-bond donors (Lipinski definition) is 2. The van der Waals surface area contributed by atoms with Gasteiger partial charge in [0.1, 0.15) is 5.75 Å². The maximum absolute atomic E-state index is 13.7. The summed E-state index contributed by atoms with van der Waals surface area (Å²) < 4.78 is 5.27. The Morgan fingerprint density at radius 1 is 1.06 bits per heavy atom. The zero-order valence-corrected chi connectivity index (χ0v) is 19.8. The second-order valence-electron chi connectivity index (χ2n) is 9.36. The van der Waals surface area contributed by atoms with Crippen LogP contribution in [0.25, 0.3) is 0 Å². The molecule has 0 radical (unpaired) electrons. The van der Waals surface area contributed by atoms with E-state index in [4.69, 9.17) is 10.5 Å². The summed E-state index contributed by atoms with van der Waals surface area (Å²) in [5.74, 6) is 0.772. The fourth-order valence-electron chi connectivity index (χ4n) is 5.07. The molecular weight excluding hydrogens is 440 g/mol. The van der Waals surface area contributed by atoms with Gasteiger partial charge in [-0.25, -0.2) is 0 Å². The lowest BCUT2D eigenvalue weighted by molar-refractivity contribution is -0.135. The molecule has 3 N–H and O–H groups in total. The zero-order chi connectivity index (χ0) is 24.4. The molecule has 1 aromatic heterocycles. The van der Waals surface area contributed by atoms with Crippen molar-refractivity contribution in [2.75, 3.05) is 19.0 Å². The Morgan fingerprint density at radius 3 is 2.37 bits per heavy atom. The number of hydrogen-bond acceptors (Lipinski definition) is 5. The highest BCUT2D eigenvalue weighted by Crippen LogP contribution is 2.51. The second kappa shape index (κ2) is 9.50. The summed E-state index contributed by atoms with van der Waals surface area (Å²) in [6, 6.07) is 18.3. The Hall–Kier alpha value is -3.71. The van der Waals surface area contributed by atoms with Gasteiger partial charge in [-0.1, -0.05) is 24.3 Å². The van der Waals surface area contributed by atoms with E-state index in [1.54, 1.807) is 43.8 Å². The zero-order valence-electron chi connectivity index (χ0n) is 19.8. The topological polar surface area (TPSA) is 97.5 Å². The van der Waals surface area contributed by atoms with Crippen molar-refractivity contribution in [3.63, 3.8) is 0 Å². The molecule has 2 fully saturated rings. The first-order valence-electron chi connectivity index (χ1n) is 12.0. The number of methoxy groups -OCH3 is 1. The number of carbonyl (C=O) groups excluding carboxylic acids is 2. The van der Waals surface area contributed by atoms with Gasteiger partial charge in [-0.2, -0.15) is 0 Å². The summed E-state index contributed by atoms with van der Waals surface area (Å²) in [5.41, 5.74) is 9.47. The molecule has 1 aliphatic carbocycles. The Kier molecular flexibility index (Phi) is 6.26. The summed E-state index contributed by atoms with van der Waals surface area (Å²) in [4.78, 5) is 32.2. The van der Waals surface area contributed by atoms with Gasteiger partial charge < -0.3 is 20.7 Å². The number of amides is 2. The van der Waals surface area contributed by atoms with Gasteiger partial charge in [0.15, 0.2) is 0 Å². The molecule has 3 aromatic rings. The van der Waals surface area contributed by atoms with Crippen LogP contribution < -0.4 is 15.8 Å². The van der Waals surface area contributed by atoms with E-state index in [2.05, 4.69) is 10.3 Å². The molecule has 2 unspecified atom stereocenters. The van der Waals surface area contributed by atoms with E-state index in [1.807, 2.05) is 41.3 Å². The maximum Gasteiger partial charge on any atom is 0.255 e. The number of pyridine rings is 1. The molecule has 7 heteroatoms. The van der Waals surface area contributed by atoms with Gasteiger partial charge in [0.05, 0.1) is 24.6 Å². The minimum Gasteiger partial charge on any atom is -0.497 e. The van der Waals surface area contributed by atoms with Gasteiger partial charge in [0.25, 0.3) is 5.91 Å². The SMILES string of the molecule is COc1ccc(C2(C(=O)N3CCCC3C(N)c3ccc(C(=O)Nc4ccncc4)cc3)CC2)cc1. The van der Waals surface area contributed by atoms with Crippen LogP contribution in [0.5, 0.6) is 5.75 Å². The van der Waals surface area contributed by atoms with Crippen molar-refractivity contribution in [2.45, 2.75) is 43.2 Å². The number of nitrogens with two attached hydrogens (primary N) is 1. The Morgan fingerprint density at radius 2 is 1.74 bits per heavy atom. The van der Waals surface area contributed by atoms with Crippen molar-refractivity contribution in [1.82, 2.24) is 9.88 Å². The molecule has 0 bridgehead atoms. The van der Waals surface area contributed by atoms with Crippen molar-refractivity contribution < 1.29 is 14.3 Å². The number of benzene rings is 2. The van der Waals surface area contributed by atoms with E-state index in [-0.39, 0.29) is 23.9 Å². The van der Waals surface area contributed by atoms with Crippen LogP contribution in [0, 0.1) is 0 Å². The van der Waals surface area contributed by atoms with E-state index >= 15 is 0 Å². The maximum atomic E-state index is 13.7. The van der Waals surface area contributed by atoms with Gasteiger partial charge in [-0.3, -0.25) is 14.6 Å². The van der Waals surface area contributed by atoms with Crippen molar-refractivity contribution in [1.29, 1.82) is 0 Å². The number of likely N-dealkylation sites (tertiary alicyclic amines) is 1. The van der Waals surface area contributed by atoms with Crippen molar-refractivity contribution >= 4 is 17.5 Å². The van der Waals surface area contributed by atoms with Crippen LogP contribution in [0.4, 0.5) is 5.69 Å². The van der Waals surface area contributed by atoms with Gasteiger partial charge in [0.2, 0.25) is 5.91 Å². The summed E-state index contributed by atoms with van der Waals surface area (Å²) >= 11 is 0. The molecule has 7 nitrogen and oxygen atoms in total. The Labute approximate surface area is 205 Å². The van der Waals surface area contributed by atoms with Gasteiger partial charge in [-0.15, -0.1) is 0 Å². The fourth-order valence-corrected chi connectivity index (χ4v) is 5.07. The summed E-state index contributed by atoms with van der Waals surface area (Å²) in [6.45, 7) is 0.724. The monoisotopic (exact) mass is 470 g/mol. The number of anilines is 1. The molecule has 0 spiro atoms. The van der Waals surface area contributed by atoms with E-state index in [0.717, 1.165) is 49.1 Å². The highest BCUT2D eigenvalue weighted by molar-refractivity contribution is 6.04. The number of rotatable bonds is 7. The van der Waals surface area contributed by atoms with Crippen LogP contribution in [0.1, 0.15) is 53.2 Å². The summed E-state index contributed by atoms with van der Waals surface area (Å²) in [6.07, 6.45) is 6.79. The molecule has 1 aliphatic heterocycles. The average molecular weight is 471 g/mol. The summed E-state index contributed by atoms with van der Waals surface area (Å²) in [5, 5.41) is 2.86. The largest absolute Gasteiger partial charge is 0.497 e. The number of nitrogens with zero attached hydrogens (tertiary/aromatic N) is 2. The lowest BCUT2D eigenvalue weighted by Gasteiger charge is -2.33. The van der Waals surface area contributed by atoms with Crippen LogP contribution in [-0.4, -0.2) is 41.4 Å². The van der Waals surface area contributed by atoms with Crippen molar-refractivity contribution in [2.24, 2.45) is 5.73 Å². The predicted molar refractivity (Wildman–Crippen MR) is 134 cm³/mol. The van der Waals surface area contributed by atoms with Crippen LogP contribution in [0.2, 0.25) is 0 Å². The van der Waals surface area contributed by atoms with E-state index in [1.165, 1.54) is 0 Å². The van der Waals surface area contributed by atoms with Gasteiger partial charge >= 0.3 is 0 Å². The molecule has 1 saturated carbocycles. The molecule has 180 valence electrons. The normalized spacial score (nSPS) is 19.1. The minimum atomic E-state index is -0.441. The Bertz CT molecular complexity index is 1190. The highest BCUT2D eigenvalue weighted by atomic mass is 16.5. The molecule has 1 saturated heterocycles. The quantitative estimate of drug-likeness (QED) is 0.543. The lowest BCUT2D eigenvalue weighted by atomic mass is 9.92. The second-order valence-corrected chi connectivity index (χ2v) is 9.36. The minimum absolute atomic E-state index is 0.0604.